The molecule has 1 amide bonds. The number of thioether (sulfide) groups is 1. The summed E-state index contributed by atoms with van der Waals surface area (Å²) in [6.07, 6.45) is 2.20. The molecular weight excluding hydrogens is 368 g/mol. The molecule has 0 radical (unpaired) electrons. The molecule has 0 atom stereocenters. The van der Waals surface area contributed by atoms with Gasteiger partial charge < -0.3 is 4.90 Å². The molecule has 2 aromatic carbocycles. The van der Waals surface area contributed by atoms with Crippen LogP contribution >= 0.6 is 11.8 Å². The lowest BCUT2D eigenvalue weighted by molar-refractivity contribution is -0.129. The standard InChI is InChI=1S/C22H24N4OS/c1-16-8-6-7-11-20(16)26-17(2)23-24-22(26)28-15-21(27)25(19-12-13-19)14-18-9-4-3-5-10-18/h3-11,19H,12-15H2,1-2H3. The topological polar surface area (TPSA) is 51.0 Å². The van der Waals surface area contributed by atoms with Gasteiger partial charge in [0.15, 0.2) is 5.16 Å². The lowest BCUT2D eigenvalue weighted by Crippen LogP contribution is -2.34. The number of amides is 1. The summed E-state index contributed by atoms with van der Waals surface area (Å²) >= 11 is 1.46. The summed E-state index contributed by atoms with van der Waals surface area (Å²) in [5, 5.41) is 9.31. The normalized spacial score (nSPS) is 13.5. The molecule has 0 bridgehead atoms. The lowest BCUT2D eigenvalue weighted by Gasteiger charge is -2.22. The smallest absolute Gasteiger partial charge is 0.233 e. The van der Waals surface area contributed by atoms with Crippen molar-refractivity contribution in [1.82, 2.24) is 19.7 Å². The van der Waals surface area contributed by atoms with E-state index < -0.39 is 0 Å². The van der Waals surface area contributed by atoms with E-state index in [9.17, 15) is 4.79 Å². The number of rotatable bonds is 7. The van der Waals surface area contributed by atoms with Gasteiger partial charge in [0.2, 0.25) is 5.91 Å². The monoisotopic (exact) mass is 392 g/mol. The summed E-state index contributed by atoms with van der Waals surface area (Å²) in [7, 11) is 0. The molecule has 144 valence electrons. The molecule has 0 aliphatic heterocycles. The fourth-order valence-corrected chi connectivity index (χ4v) is 4.20. The lowest BCUT2D eigenvalue weighted by atomic mass is 10.2. The van der Waals surface area contributed by atoms with Gasteiger partial charge in [0.05, 0.1) is 11.4 Å². The number of hydrogen-bond acceptors (Lipinski definition) is 4. The van der Waals surface area contributed by atoms with Gasteiger partial charge in [-0.1, -0.05) is 60.3 Å². The van der Waals surface area contributed by atoms with Crippen LogP contribution in [-0.4, -0.2) is 37.4 Å². The zero-order valence-electron chi connectivity index (χ0n) is 16.2. The van der Waals surface area contributed by atoms with E-state index in [4.69, 9.17) is 0 Å². The molecule has 1 aromatic heterocycles. The minimum atomic E-state index is 0.160. The molecular formula is C22H24N4OS. The average Bonchev–Trinajstić information content (AvgIpc) is 3.48. The van der Waals surface area contributed by atoms with Gasteiger partial charge in [-0.3, -0.25) is 9.36 Å². The Hall–Kier alpha value is -2.60. The van der Waals surface area contributed by atoms with Crippen LogP contribution in [0.3, 0.4) is 0 Å². The highest BCUT2D eigenvalue weighted by molar-refractivity contribution is 7.99. The van der Waals surface area contributed by atoms with Gasteiger partial charge in [-0.25, -0.2) is 0 Å². The molecule has 0 saturated heterocycles. The Morgan fingerprint density at radius 2 is 1.79 bits per heavy atom. The van der Waals surface area contributed by atoms with E-state index in [-0.39, 0.29) is 5.91 Å². The van der Waals surface area contributed by atoms with E-state index in [1.165, 1.54) is 17.3 Å². The molecule has 6 heteroatoms. The molecule has 0 N–H and O–H groups in total. The minimum Gasteiger partial charge on any atom is -0.335 e. The average molecular weight is 393 g/mol. The molecule has 1 heterocycles. The van der Waals surface area contributed by atoms with E-state index >= 15 is 0 Å². The van der Waals surface area contributed by atoms with E-state index in [1.807, 2.05) is 46.7 Å². The summed E-state index contributed by atoms with van der Waals surface area (Å²) in [6, 6.07) is 18.7. The van der Waals surface area contributed by atoms with Crippen LogP contribution in [0.1, 0.15) is 29.8 Å². The Kier molecular flexibility index (Phi) is 5.48. The van der Waals surface area contributed by atoms with Crippen molar-refractivity contribution in [2.24, 2.45) is 0 Å². The van der Waals surface area contributed by atoms with Crippen molar-refractivity contribution < 1.29 is 4.79 Å². The number of nitrogens with zero attached hydrogens (tertiary/aromatic N) is 4. The number of aromatic nitrogens is 3. The third-order valence-electron chi connectivity index (χ3n) is 4.98. The van der Waals surface area contributed by atoms with Crippen molar-refractivity contribution in [3.05, 3.63) is 71.5 Å². The Labute approximate surface area is 169 Å². The molecule has 1 saturated carbocycles. The molecule has 1 aliphatic carbocycles. The molecule has 0 spiro atoms. The number of aryl methyl sites for hydroxylation is 2. The molecule has 0 unspecified atom stereocenters. The third-order valence-corrected chi connectivity index (χ3v) is 5.89. The van der Waals surface area contributed by atoms with Crippen LogP contribution in [0.5, 0.6) is 0 Å². The third kappa shape index (κ3) is 4.12. The first kappa shape index (κ1) is 18.7. The zero-order valence-corrected chi connectivity index (χ0v) is 17.0. The fourth-order valence-electron chi connectivity index (χ4n) is 3.32. The van der Waals surface area contributed by atoms with Crippen molar-refractivity contribution >= 4 is 17.7 Å². The highest BCUT2D eigenvalue weighted by Gasteiger charge is 2.32. The van der Waals surface area contributed by atoms with E-state index in [0.717, 1.165) is 35.1 Å². The maximum absolute atomic E-state index is 13.0. The number of carbonyl (C=O) groups is 1. The molecule has 5 nitrogen and oxygen atoms in total. The number of benzene rings is 2. The number of carbonyl (C=O) groups excluding carboxylic acids is 1. The predicted octanol–water partition coefficient (Wildman–Crippen LogP) is 4.17. The van der Waals surface area contributed by atoms with Crippen LogP contribution < -0.4 is 0 Å². The Bertz CT molecular complexity index is 966. The zero-order chi connectivity index (χ0) is 19.5. The van der Waals surface area contributed by atoms with Crippen LogP contribution in [0.4, 0.5) is 0 Å². The SMILES string of the molecule is Cc1ccccc1-n1c(C)nnc1SCC(=O)N(Cc1ccccc1)C1CC1. The summed E-state index contributed by atoms with van der Waals surface area (Å²) in [5.74, 6) is 1.36. The van der Waals surface area contributed by atoms with Crippen LogP contribution in [0.2, 0.25) is 0 Å². The van der Waals surface area contributed by atoms with Crippen molar-refractivity contribution in [2.75, 3.05) is 5.75 Å². The van der Waals surface area contributed by atoms with Gasteiger partial charge in [0.1, 0.15) is 5.82 Å². The fraction of sp³-hybridized carbons (Fsp3) is 0.318. The van der Waals surface area contributed by atoms with Crippen LogP contribution in [-0.2, 0) is 11.3 Å². The Morgan fingerprint density at radius 3 is 2.50 bits per heavy atom. The highest BCUT2D eigenvalue weighted by atomic mass is 32.2. The maximum atomic E-state index is 13.0. The summed E-state index contributed by atoms with van der Waals surface area (Å²) < 4.78 is 2.03. The van der Waals surface area contributed by atoms with Gasteiger partial charge in [0.25, 0.3) is 0 Å². The van der Waals surface area contributed by atoms with Crippen LogP contribution in [0.25, 0.3) is 5.69 Å². The van der Waals surface area contributed by atoms with Crippen molar-refractivity contribution in [3.63, 3.8) is 0 Å². The van der Waals surface area contributed by atoms with Gasteiger partial charge in [-0.2, -0.15) is 0 Å². The molecule has 1 aliphatic rings. The predicted molar refractivity (Wildman–Crippen MR) is 112 cm³/mol. The summed E-state index contributed by atoms with van der Waals surface area (Å²) in [4.78, 5) is 15.0. The minimum absolute atomic E-state index is 0.160. The second-order valence-corrected chi connectivity index (χ2v) is 8.12. The number of para-hydroxylation sites is 1. The Morgan fingerprint density at radius 1 is 1.07 bits per heavy atom. The molecule has 3 aromatic rings. The van der Waals surface area contributed by atoms with E-state index in [2.05, 4.69) is 41.4 Å². The number of hydrogen-bond donors (Lipinski definition) is 0. The van der Waals surface area contributed by atoms with Gasteiger partial charge in [-0.15, -0.1) is 10.2 Å². The Balaban J connectivity index is 1.48. The first-order valence-electron chi connectivity index (χ1n) is 9.57. The van der Waals surface area contributed by atoms with Crippen molar-refractivity contribution in [1.29, 1.82) is 0 Å². The van der Waals surface area contributed by atoms with Gasteiger partial charge >= 0.3 is 0 Å². The van der Waals surface area contributed by atoms with E-state index in [0.29, 0.717) is 18.3 Å². The quantitative estimate of drug-likeness (QED) is 0.567. The second-order valence-electron chi connectivity index (χ2n) is 7.18. The molecule has 4 rings (SSSR count). The van der Waals surface area contributed by atoms with E-state index in [1.54, 1.807) is 0 Å². The van der Waals surface area contributed by atoms with Gasteiger partial charge in [0, 0.05) is 12.6 Å². The van der Waals surface area contributed by atoms with Crippen LogP contribution in [0, 0.1) is 13.8 Å². The highest BCUT2D eigenvalue weighted by Crippen LogP contribution is 2.30. The first-order chi connectivity index (χ1) is 13.6. The second kappa shape index (κ2) is 8.19. The summed E-state index contributed by atoms with van der Waals surface area (Å²) in [6.45, 7) is 4.69. The van der Waals surface area contributed by atoms with Crippen LogP contribution in [0.15, 0.2) is 59.8 Å². The first-order valence-corrected chi connectivity index (χ1v) is 10.6. The maximum Gasteiger partial charge on any atom is 0.233 e. The van der Waals surface area contributed by atoms with Crippen molar-refractivity contribution in [3.8, 4) is 5.69 Å². The molecule has 1 fully saturated rings. The molecule has 28 heavy (non-hydrogen) atoms. The van der Waals surface area contributed by atoms with Crippen molar-refractivity contribution in [2.45, 2.75) is 44.4 Å². The van der Waals surface area contributed by atoms with Gasteiger partial charge in [-0.05, 0) is 43.9 Å². The largest absolute Gasteiger partial charge is 0.335 e. The summed E-state index contributed by atoms with van der Waals surface area (Å²) in [5.41, 5.74) is 3.39.